The zero-order chi connectivity index (χ0) is 36.4. The van der Waals surface area contributed by atoms with Gasteiger partial charge in [0.05, 0.1) is 11.4 Å². The molecule has 12 heteroatoms. The van der Waals surface area contributed by atoms with Gasteiger partial charge in [-0.15, -0.1) is 0 Å². The van der Waals surface area contributed by atoms with E-state index in [0.717, 1.165) is 5.56 Å². The molecule has 0 aliphatic carbocycles. The third kappa shape index (κ3) is 12.4. The van der Waals surface area contributed by atoms with Gasteiger partial charge in [-0.2, -0.15) is 0 Å². The van der Waals surface area contributed by atoms with Crippen LogP contribution < -0.4 is 16.4 Å². The number of amides is 4. The molecule has 0 spiro atoms. The molecule has 0 unspecified atom stereocenters. The standard InChI is InChI=1S/C35H48N6O6.C2H6/c1-34(2,3)46-32(44)40-17-13-24(14-18-40)30(42)38-26-9-7-23(8-10-26)22-37-29-21-27(11-12-28(29)36)39-31(43)25-15-19-41(20-16-25)33(45)47-35(4,5)6;1-2/h7-12,21-22,24-25H,13-20,36H2,1-6H3,(H,38,42)(H,39,43);1-2H3. The number of nitrogen functional groups attached to an aromatic ring is 1. The van der Waals surface area contributed by atoms with E-state index >= 15 is 0 Å². The Morgan fingerprint density at radius 2 is 1.12 bits per heavy atom. The Kier molecular flexibility index (Phi) is 13.6. The van der Waals surface area contributed by atoms with Crippen LogP contribution in [0.25, 0.3) is 0 Å². The number of ether oxygens (including phenoxy) is 2. The lowest BCUT2D eigenvalue weighted by Crippen LogP contribution is -2.43. The highest BCUT2D eigenvalue weighted by molar-refractivity contribution is 5.95. The van der Waals surface area contributed by atoms with Gasteiger partial charge >= 0.3 is 12.2 Å². The van der Waals surface area contributed by atoms with Crippen molar-refractivity contribution < 1.29 is 28.7 Å². The Bertz CT molecular complexity index is 1460. The fourth-order valence-electron chi connectivity index (χ4n) is 5.32. The second-order valence-electron chi connectivity index (χ2n) is 14.1. The average molecular weight is 679 g/mol. The van der Waals surface area contributed by atoms with Gasteiger partial charge in [0.15, 0.2) is 0 Å². The van der Waals surface area contributed by atoms with Crippen molar-refractivity contribution in [1.82, 2.24) is 9.80 Å². The number of anilines is 3. The monoisotopic (exact) mass is 678 g/mol. The second kappa shape index (κ2) is 17.2. The first-order valence-electron chi connectivity index (χ1n) is 17.2. The largest absolute Gasteiger partial charge is 0.444 e. The predicted molar refractivity (Wildman–Crippen MR) is 194 cm³/mol. The van der Waals surface area contributed by atoms with E-state index in [1.54, 1.807) is 34.2 Å². The summed E-state index contributed by atoms with van der Waals surface area (Å²) in [6.07, 6.45) is 3.21. The quantitative estimate of drug-likeness (QED) is 0.215. The Morgan fingerprint density at radius 3 is 1.55 bits per heavy atom. The molecule has 2 heterocycles. The first-order chi connectivity index (χ1) is 23.1. The summed E-state index contributed by atoms with van der Waals surface area (Å²) in [5, 5.41) is 5.93. The van der Waals surface area contributed by atoms with Crippen LogP contribution >= 0.6 is 0 Å². The van der Waals surface area contributed by atoms with E-state index in [0.29, 0.717) is 74.6 Å². The van der Waals surface area contributed by atoms with Crippen molar-refractivity contribution >= 4 is 53.0 Å². The highest BCUT2D eigenvalue weighted by atomic mass is 16.6. The molecule has 0 radical (unpaired) electrons. The molecule has 4 N–H and O–H groups in total. The molecule has 49 heavy (non-hydrogen) atoms. The fourth-order valence-corrected chi connectivity index (χ4v) is 5.32. The molecule has 0 bridgehead atoms. The molecule has 2 aromatic carbocycles. The number of benzene rings is 2. The molecule has 268 valence electrons. The van der Waals surface area contributed by atoms with Crippen LogP contribution in [0.3, 0.4) is 0 Å². The topological polar surface area (TPSA) is 156 Å². The summed E-state index contributed by atoms with van der Waals surface area (Å²) in [5.74, 6) is -0.590. The van der Waals surface area contributed by atoms with Crippen LogP contribution in [0.1, 0.15) is 86.6 Å². The van der Waals surface area contributed by atoms with Crippen molar-refractivity contribution in [3.63, 3.8) is 0 Å². The lowest BCUT2D eigenvalue weighted by atomic mass is 9.96. The van der Waals surface area contributed by atoms with Gasteiger partial charge in [-0.25, -0.2) is 9.59 Å². The van der Waals surface area contributed by atoms with E-state index in [9.17, 15) is 19.2 Å². The molecule has 2 fully saturated rings. The lowest BCUT2D eigenvalue weighted by molar-refractivity contribution is -0.122. The molecule has 2 aliphatic rings. The smallest absolute Gasteiger partial charge is 0.410 e. The lowest BCUT2D eigenvalue weighted by Gasteiger charge is -2.32. The van der Waals surface area contributed by atoms with Gasteiger partial charge in [-0.05, 0) is 103 Å². The number of hydrogen-bond acceptors (Lipinski definition) is 8. The molecular weight excluding hydrogens is 624 g/mol. The molecule has 0 atom stereocenters. The summed E-state index contributed by atoms with van der Waals surface area (Å²) in [6.45, 7) is 16.9. The molecular formula is C37H54N6O6. The SMILES string of the molecule is CC.CC(C)(C)OC(=O)N1CCC(C(=O)Nc2ccc(C=Nc3cc(NC(=O)C4CCN(C(=O)OC(C)(C)C)CC4)ccc3N)cc2)CC1. The molecule has 4 rings (SSSR count). The number of carbonyl (C=O) groups is 4. The maximum absolute atomic E-state index is 13.0. The van der Waals surface area contributed by atoms with Crippen LogP contribution in [0.2, 0.25) is 0 Å². The number of likely N-dealkylation sites (tertiary alicyclic amines) is 2. The maximum Gasteiger partial charge on any atom is 0.410 e. The number of nitrogens with zero attached hydrogens (tertiary/aromatic N) is 3. The van der Waals surface area contributed by atoms with Crippen molar-refractivity contribution in [2.24, 2.45) is 16.8 Å². The minimum atomic E-state index is -0.562. The van der Waals surface area contributed by atoms with Crippen LogP contribution in [-0.2, 0) is 19.1 Å². The number of aliphatic imine (C=N–C) groups is 1. The van der Waals surface area contributed by atoms with E-state index in [4.69, 9.17) is 15.2 Å². The Hall–Kier alpha value is -4.61. The normalized spacial score (nSPS) is 16.0. The van der Waals surface area contributed by atoms with Crippen LogP contribution in [0, 0.1) is 11.8 Å². The van der Waals surface area contributed by atoms with E-state index in [-0.39, 0.29) is 35.8 Å². The van der Waals surface area contributed by atoms with Crippen LogP contribution in [-0.4, -0.2) is 77.4 Å². The molecule has 0 aromatic heterocycles. The Morgan fingerprint density at radius 1 is 0.714 bits per heavy atom. The van der Waals surface area contributed by atoms with E-state index in [1.807, 2.05) is 79.7 Å². The molecule has 2 aromatic rings. The van der Waals surface area contributed by atoms with Crippen molar-refractivity contribution in [1.29, 1.82) is 0 Å². The molecule has 2 saturated heterocycles. The van der Waals surface area contributed by atoms with Crippen LogP contribution in [0.4, 0.5) is 32.3 Å². The minimum absolute atomic E-state index is 0.0736. The first kappa shape index (κ1) is 38.8. The van der Waals surface area contributed by atoms with Gasteiger partial charge in [-0.3, -0.25) is 14.6 Å². The zero-order valence-electron chi connectivity index (χ0n) is 30.3. The summed E-state index contributed by atoms with van der Waals surface area (Å²) in [6, 6.07) is 12.5. The first-order valence-corrected chi connectivity index (χ1v) is 17.2. The highest BCUT2D eigenvalue weighted by Crippen LogP contribution is 2.28. The maximum atomic E-state index is 13.0. The molecule has 0 saturated carbocycles. The van der Waals surface area contributed by atoms with Crippen LogP contribution in [0.15, 0.2) is 47.5 Å². The number of nitrogens with one attached hydrogen (secondary N) is 2. The van der Waals surface area contributed by atoms with Crippen molar-refractivity contribution in [3.05, 3.63) is 48.0 Å². The van der Waals surface area contributed by atoms with Gasteiger partial charge in [0.25, 0.3) is 0 Å². The second-order valence-corrected chi connectivity index (χ2v) is 14.1. The fraction of sp³-hybridized carbons (Fsp3) is 0.541. The summed E-state index contributed by atoms with van der Waals surface area (Å²) in [4.78, 5) is 58.3. The Labute approximate surface area is 290 Å². The number of rotatable bonds is 6. The summed E-state index contributed by atoms with van der Waals surface area (Å²) >= 11 is 0. The van der Waals surface area contributed by atoms with E-state index < -0.39 is 11.2 Å². The van der Waals surface area contributed by atoms with Crippen molar-refractivity contribution in [2.75, 3.05) is 42.5 Å². The van der Waals surface area contributed by atoms with Gasteiger partial charge in [-0.1, -0.05) is 26.0 Å². The molecule has 12 nitrogen and oxygen atoms in total. The third-order valence-electron chi connectivity index (χ3n) is 7.86. The van der Waals surface area contributed by atoms with Crippen molar-refractivity contribution in [3.8, 4) is 0 Å². The predicted octanol–water partition coefficient (Wildman–Crippen LogP) is 7.22. The van der Waals surface area contributed by atoms with Crippen molar-refractivity contribution in [2.45, 2.75) is 92.3 Å². The zero-order valence-corrected chi connectivity index (χ0v) is 30.3. The summed E-state index contributed by atoms with van der Waals surface area (Å²) in [7, 11) is 0. The minimum Gasteiger partial charge on any atom is -0.444 e. The number of piperidine rings is 2. The summed E-state index contributed by atoms with van der Waals surface area (Å²) in [5.41, 5.74) is 8.08. The Balaban J connectivity index is 0.00000319. The van der Waals surface area contributed by atoms with Gasteiger partial charge < -0.3 is 35.6 Å². The summed E-state index contributed by atoms with van der Waals surface area (Å²) < 4.78 is 10.9. The van der Waals surface area contributed by atoms with Gasteiger partial charge in [0.1, 0.15) is 11.2 Å². The highest BCUT2D eigenvalue weighted by Gasteiger charge is 2.31. The molecule has 2 aliphatic heterocycles. The van der Waals surface area contributed by atoms with Gasteiger partial charge in [0, 0.05) is 55.6 Å². The van der Waals surface area contributed by atoms with Gasteiger partial charge in [0.2, 0.25) is 11.8 Å². The number of hydrogen-bond donors (Lipinski definition) is 3. The van der Waals surface area contributed by atoms with E-state index in [1.165, 1.54) is 0 Å². The van der Waals surface area contributed by atoms with Crippen LogP contribution in [0.5, 0.6) is 0 Å². The third-order valence-corrected chi connectivity index (χ3v) is 7.86. The molecule has 4 amide bonds. The average Bonchev–Trinajstić information content (AvgIpc) is 3.05. The van der Waals surface area contributed by atoms with E-state index in [2.05, 4.69) is 15.6 Å². The number of nitrogens with two attached hydrogens (primary N) is 1. The number of carbonyl (C=O) groups excluding carboxylic acids is 4.